The van der Waals surface area contributed by atoms with Crippen LogP contribution in [0.4, 0.5) is 0 Å². The van der Waals surface area contributed by atoms with E-state index in [1.165, 1.54) is 12.8 Å². The van der Waals surface area contributed by atoms with Crippen molar-refractivity contribution in [2.24, 2.45) is 5.92 Å². The van der Waals surface area contributed by atoms with Crippen molar-refractivity contribution in [2.45, 2.75) is 19.8 Å². The Bertz CT molecular complexity index is 46.1. The maximum absolute atomic E-state index is 5.06. The molecule has 0 N–H and O–H groups in total. The highest BCUT2D eigenvalue weighted by molar-refractivity contribution is 4.66. The van der Waals surface area contributed by atoms with Crippen LogP contribution in [0.15, 0.2) is 0 Å². The minimum Gasteiger partial charge on any atom is -0.196 e. The Kier molecular flexibility index (Phi) is 1.58. The molecule has 0 aromatic carbocycles. The fourth-order valence-electron chi connectivity index (χ4n) is 0.789. The largest absolute Gasteiger partial charge is 0.230 e. The zero-order valence-corrected chi connectivity index (χ0v) is 4.68. The second kappa shape index (κ2) is 2.22. The molecule has 0 aromatic rings. The Morgan fingerprint density at radius 2 is 2.57 bits per heavy atom. The van der Waals surface area contributed by atoms with Crippen LogP contribution < -0.4 is 0 Å². The lowest BCUT2D eigenvalue weighted by Crippen LogP contribution is -2.08. The molecule has 1 unspecified atom stereocenters. The number of hydrogen-bond acceptors (Lipinski definition) is 1. The van der Waals surface area contributed by atoms with Crippen LogP contribution in [0.1, 0.15) is 19.8 Å². The van der Waals surface area contributed by atoms with Crippen molar-refractivity contribution in [3.63, 3.8) is 0 Å². The molecule has 1 saturated heterocycles. The average molecular weight is 99.2 g/mol. The summed E-state index contributed by atoms with van der Waals surface area (Å²) in [5.74, 6) is 0.689. The normalized spacial score (nSPS) is 31.9. The molecular formula is C6H11O+. The fourth-order valence-corrected chi connectivity index (χ4v) is 0.789. The lowest BCUT2D eigenvalue weighted by molar-refractivity contribution is 0.123. The molecule has 0 amide bonds. The molecule has 1 heteroatoms. The van der Waals surface area contributed by atoms with Crippen molar-refractivity contribution in [3.05, 3.63) is 6.61 Å². The van der Waals surface area contributed by atoms with Gasteiger partial charge in [0.1, 0.15) is 5.92 Å². The van der Waals surface area contributed by atoms with Crippen molar-refractivity contribution < 1.29 is 4.74 Å². The van der Waals surface area contributed by atoms with Crippen LogP contribution in [-0.4, -0.2) is 6.61 Å². The van der Waals surface area contributed by atoms with Gasteiger partial charge in [-0.1, -0.05) is 0 Å². The lowest BCUT2D eigenvalue weighted by atomic mass is 10.1. The van der Waals surface area contributed by atoms with E-state index < -0.39 is 0 Å². The van der Waals surface area contributed by atoms with Gasteiger partial charge in [0.15, 0.2) is 0 Å². The van der Waals surface area contributed by atoms with E-state index >= 15 is 0 Å². The van der Waals surface area contributed by atoms with Gasteiger partial charge in [-0.25, -0.2) is 0 Å². The van der Waals surface area contributed by atoms with E-state index in [9.17, 15) is 0 Å². The smallest absolute Gasteiger partial charge is 0.196 e. The number of hydrogen-bond donors (Lipinski definition) is 0. The summed E-state index contributed by atoms with van der Waals surface area (Å²) in [6.45, 7) is 5.05. The van der Waals surface area contributed by atoms with E-state index in [1.807, 2.05) is 6.61 Å². The average Bonchev–Trinajstić information content (AvgIpc) is 1.69. The SMILES string of the molecule is CC1[CH+]OCCC1. The summed E-state index contributed by atoms with van der Waals surface area (Å²) in [4.78, 5) is 0. The third-order valence-corrected chi connectivity index (χ3v) is 1.25. The molecule has 0 aliphatic carbocycles. The highest BCUT2D eigenvalue weighted by Gasteiger charge is 2.16. The highest BCUT2D eigenvalue weighted by Crippen LogP contribution is 2.14. The van der Waals surface area contributed by atoms with Crippen molar-refractivity contribution in [3.8, 4) is 0 Å². The standard InChI is InChI=1S/C6H11O/c1-6-3-2-4-7-5-6/h5-6H,2-4H2,1H3/q+1. The second-order valence-corrected chi connectivity index (χ2v) is 2.13. The van der Waals surface area contributed by atoms with Crippen LogP contribution in [-0.2, 0) is 4.74 Å². The van der Waals surface area contributed by atoms with Crippen LogP contribution >= 0.6 is 0 Å². The molecule has 1 heterocycles. The summed E-state index contributed by atoms with van der Waals surface area (Å²) < 4.78 is 5.06. The Morgan fingerprint density at radius 1 is 1.71 bits per heavy atom. The first-order valence-electron chi connectivity index (χ1n) is 2.84. The zero-order chi connectivity index (χ0) is 5.11. The quantitative estimate of drug-likeness (QED) is 0.419. The predicted molar refractivity (Wildman–Crippen MR) is 28.6 cm³/mol. The van der Waals surface area contributed by atoms with Crippen LogP contribution in [0.5, 0.6) is 0 Å². The Morgan fingerprint density at radius 3 is 2.86 bits per heavy atom. The number of rotatable bonds is 0. The van der Waals surface area contributed by atoms with Gasteiger partial charge < -0.3 is 0 Å². The summed E-state index contributed by atoms with van der Waals surface area (Å²) in [6.07, 6.45) is 2.54. The molecule has 1 rings (SSSR count). The minimum absolute atomic E-state index is 0.689. The van der Waals surface area contributed by atoms with Crippen LogP contribution in [0, 0.1) is 12.5 Å². The molecule has 1 aliphatic heterocycles. The van der Waals surface area contributed by atoms with E-state index in [-0.39, 0.29) is 0 Å². The van der Waals surface area contributed by atoms with Crippen molar-refractivity contribution >= 4 is 0 Å². The van der Waals surface area contributed by atoms with Gasteiger partial charge in [0, 0.05) is 0 Å². The van der Waals surface area contributed by atoms with E-state index in [0.717, 1.165) is 6.61 Å². The molecule has 0 saturated carbocycles. The topological polar surface area (TPSA) is 9.23 Å². The molecular weight excluding hydrogens is 88.1 g/mol. The van der Waals surface area contributed by atoms with Crippen LogP contribution in [0.25, 0.3) is 0 Å². The Hall–Kier alpha value is -0.170. The van der Waals surface area contributed by atoms with Crippen LogP contribution in [0.3, 0.4) is 0 Å². The summed E-state index contributed by atoms with van der Waals surface area (Å²) in [7, 11) is 0. The third-order valence-electron chi connectivity index (χ3n) is 1.25. The monoisotopic (exact) mass is 99.1 g/mol. The first-order valence-corrected chi connectivity index (χ1v) is 2.84. The molecule has 1 fully saturated rings. The van der Waals surface area contributed by atoms with E-state index in [4.69, 9.17) is 4.74 Å². The Balaban J connectivity index is 2.12. The molecule has 1 aliphatic rings. The van der Waals surface area contributed by atoms with Crippen molar-refractivity contribution in [1.82, 2.24) is 0 Å². The maximum Gasteiger partial charge on any atom is 0.230 e. The third kappa shape index (κ3) is 1.39. The van der Waals surface area contributed by atoms with E-state index in [0.29, 0.717) is 5.92 Å². The lowest BCUT2D eigenvalue weighted by Gasteiger charge is -2.05. The van der Waals surface area contributed by atoms with E-state index in [2.05, 4.69) is 6.92 Å². The van der Waals surface area contributed by atoms with Crippen LogP contribution in [0.2, 0.25) is 0 Å². The summed E-state index contributed by atoms with van der Waals surface area (Å²) in [5.41, 5.74) is 0. The van der Waals surface area contributed by atoms with Gasteiger partial charge in [0.2, 0.25) is 6.61 Å². The second-order valence-electron chi connectivity index (χ2n) is 2.13. The minimum atomic E-state index is 0.689. The van der Waals surface area contributed by atoms with Crippen molar-refractivity contribution in [1.29, 1.82) is 0 Å². The summed E-state index contributed by atoms with van der Waals surface area (Å²) in [6, 6.07) is 0. The van der Waals surface area contributed by atoms with Crippen molar-refractivity contribution in [2.75, 3.05) is 6.61 Å². The first-order chi connectivity index (χ1) is 3.39. The highest BCUT2D eigenvalue weighted by atomic mass is 16.5. The first kappa shape index (κ1) is 4.98. The summed E-state index contributed by atoms with van der Waals surface area (Å²) >= 11 is 0. The molecule has 1 atom stereocenters. The van der Waals surface area contributed by atoms with Gasteiger partial charge in [-0.3, -0.25) is 0 Å². The number of ether oxygens (including phenoxy) is 1. The molecule has 0 spiro atoms. The van der Waals surface area contributed by atoms with E-state index in [1.54, 1.807) is 0 Å². The zero-order valence-electron chi connectivity index (χ0n) is 4.68. The molecule has 1 nitrogen and oxygen atoms in total. The molecule has 0 bridgehead atoms. The van der Waals surface area contributed by atoms with Gasteiger partial charge in [-0.15, -0.1) is 0 Å². The fraction of sp³-hybridized carbons (Fsp3) is 0.833. The Labute approximate surface area is 44.7 Å². The van der Waals surface area contributed by atoms with Gasteiger partial charge in [-0.05, 0) is 19.8 Å². The molecule has 0 radical (unpaired) electrons. The van der Waals surface area contributed by atoms with Gasteiger partial charge in [0.05, 0.1) is 6.61 Å². The predicted octanol–water partition coefficient (Wildman–Crippen LogP) is 1.59. The summed E-state index contributed by atoms with van der Waals surface area (Å²) in [5, 5.41) is 0. The molecule has 40 valence electrons. The van der Waals surface area contributed by atoms with Gasteiger partial charge in [0.25, 0.3) is 0 Å². The molecule has 0 aromatic heterocycles. The van der Waals surface area contributed by atoms with Gasteiger partial charge in [-0.2, -0.15) is 4.74 Å². The maximum atomic E-state index is 5.06. The molecule has 7 heavy (non-hydrogen) atoms. The van der Waals surface area contributed by atoms with Gasteiger partial charge >= 0.3 is 0 Å².